The summed E-state index contributed by atoms with van der Waals surface area (Å²) in [4.78, 5) is 2.46. The van der Waals surface area contributed by atoms with Crippen LogP contribution in [0.15, 0.2) is 55.1 Å². The number of nitrogens with one attached hydrogen (secondary N) is 1. The van der Waals surface area contributed by atoms with Gasteiger partial charge in [0.05, 0.1) is 0 Å². The van der Waals surface area contributed by atoms with E-state index in [1.54, 1.807) is 0 Å². The molecule has 3 heteroatoms. The molecule has 0 radical (unpaired) electrons. The van der Waals surface area contributed by atoms with Crippen molar-refractivity contribution in [2.45, 2.75) is 26.3 Å². The first kappa shape index (κ1) is 18.8. The Balaban J connectivity index is 1.38. The number of aryl methyl sites for hydroxylation is 1. The van der Waals surface area contributed by atoms with Gasteiger partial charge in [0.1, 0.15) is 5.82 Å². The van der Waals surface area contributed by atoms with Crippen LogP contribution in [0.25, 0.3) is 5.57 Å². The first-order valence-corrected chi connectivity index (χ1v) is 9.53. The highest BCUT2D eigenvalue weighted by molar-refractivity contribution is 5.64. The molecule has 2 aromatic rings. The van der Waals surface area contributed by atoms with E-state index in [1.807, 2.05) is 12.1 Å². The summed E-state index contributed by atoms with van der Waals surface area (Å²) in [6.45, 7) is 11.5. The van der Waals surface area contributed by atoms with Crippen LogP contribution in [-0.2, 0) is 6.54 Å². The lowest BCUT2D eigenvalue weighted by molar-refractivity contribution is 0.200. The average Bonchev–Trinajstić information content (AvgIpc) is 2.65. The van der Waals surface area contributed by atoms with Crippen molar-refractivity contribution >= 4 is 5.57 Å². The van der Waals surface area contributed by atoms with Crippen molar-refractivity contribution in [3.05, 3.63) is 77.6 Å². The van der Waals surface area contributed by atoms with Crippen molar-refractivity contribution in [2.75, 3.05) is 26.2 Å². The Morgan fingerprint density at radius 2 is 1.81 bits per heavy atom. The fourth-order valence-electron chi connectivity index (χ4n) is 3.61. The minimum absolute atomic E-state index is 0.194. The predicted octanol–water partition coefficient (Wildman–Crippen LogP) is 4.65. The van der Waals surface area contributed by atoms with E-state index >= 15 is 0 Å². The molecule has 0 saturated carbocycles. The Labute approximate surface area is 156 Å². The number of benzene rings is 2. The lowest BCUT2D eigenvalue weighted by atomic mass is 9.95. The molecule has 1 saturated heterocycles. The van der Waals surface area contributed by atoms with Crippen LogP contribution in [0.4, 0.5) is 4.39 Å². The molecule has 1 heterocycles. The SMILES string of the molecule is C=C(CN1CCC(CNCc2ccccc2C)CC1)c1ccc(F)cc1. The highest BCUT2D eigenvalue weighted by Crippen LogP contribution is 2.20. The molecule has 0 amide bonds. The lowest BCUT2D eigenvalue weighted by Crippen LogP contribution is -2.37. The Hall–Kier alpha value is -1.97. The first-order chi connectivity index (χ1) is 12.6. The van der Waals surface area contributed by atoms with Crippen LogP contribution in [0.5, 0.6) is 0 Å². The molecule has 1 aliphatic heterocycles. The van der Waals surface area contributed by atoms with Gasteiger partial charge in [0.25, 0.3) is 0 Å². The Morgan fingerprint density at radius 1 is 1.12 bits per heavy atom. The highest BCUT2D eigenvalue weighted by Gasteiger charge is 2.19. The van der Waals surface area contributed by atoms with Crippen LogP contribution < -0.4 is 5.32 Å². The summed E-state index contributed by atoms with van der Waals surface area (Å²) >= 11 is 0. The number of nitrogens with zero attached hydrogens (tertiary/aromatic N) is 1. The van der Waals surface area contributed by atoms with Crippen LogP contribution in [0.2, 0.25) is 0 Å². The molecule has 3 rings (SSSR count). The van der Waals surface area contributed by atoms with Gasteiger partial charge in [-0.25, -0.2) is 4.39 Å². The summed E-state index contributed by atoms with van der Waals surface area (Å²) in [5.74, 6) is 0.551. The summed E-state index contributed by atoms with van der Waals surface area (Å²) in [5, 5.41) is 3.63. The second-order valence-electron chi connectivity index (χ2n) is 7.39. The van der Waals surface area contributed by atoms with Gasteiger partial charge in [-0.1, -0.05) is 43.0 Å². The van der Waals surface area contributed by atoms with Crippen molar-refractivity contribution in [1.82, 2.24) is 10.2 Å². The van der Waals surface area contributed by atoms with Crippen molar-refractivity contribution in [3.8, 4) is 0 Å². The summed E-state index contributed by atoms with van der Waals surface area (Å²) in [5.41, 5.74) is 4.85. The number of halogens is 1. The van der Waals surface area contributed by atoms with Gasteiger partial charge >= 0.3 is 0 Å². The zero-order valence-corrected chi connectivity index (χ0v) is 15.7. The Morgan fingerprint density at radius 3 is 2.50 bits per heavy atom. The largest absolute Gasteiger partial charge is 0.312 e. The van der Waals surface area contributed by atoms with E-state index in [-0.39, 0.29) is 5.82 Å². The zero-order valence-electron chi connectivity index (χ0n) is 15.7. The molecule has 0 spiro atoms. The van der Waals surface area contributed by atoms with Crippen molar-refractivity contribution in [3.63, 3.8) is 0 Å². The first-order valence-electron chi connectivity index (χ1n) is 9.53. The van der Waals surface area contributed by atoms with Gasteiger partial charge in [-0.05, 0) is 79.7 Å². The highest BCUT2D eigenvalue weighted by atomic mass is 19.1. The van der Waals surface area contributed by atoms with Crippen molar-refractivity contribution in [1.29, 1.82) is 0 Å². The van der Waals surface area contributed by atoms with E-state index in [1.165, 1.54) is 36.1 Å². The van der Waals surface area contributed by atoms with Crippen LogP contribution in [-0.4, -0.2) is 31.1 Å². The number of hydrogen-bond acceptors (Lipinski definition) is 2. The van der Waals surface area contributed by atoms with E-state index in [4.69, 9.17) is 0 Å². The molecule has 0 atom stereocenters. The third kappa shape index (κ3) is 5.26. The molecule has 26 heavy (non-hydrogen) atoms. The lowest BCUT2D eigenvalue weighted by Gasteiger charge is -2.32. The summed E-state index contributed by atoms with van der Waals surface area (Å²) in [6, 6.07) is 15.2. The van der Waals surface area contributed by atoms with Gasteiger partial charge in [-0.3, -0.25) is 4.90 Å². The van der Waals surface area contributed by atoms with E-state index in [9.17, 15) is 4.39 Å². The van der Waals surface area contributed by atoms with Crippen molar-refractivity contribution < 1.29 is 4.39 Å². The molecule has 0 aliphatic carbocycles. The smallest absolute Gasteiger partial charge is 0.123 e. The topological polar surface area (TPSA) is 15.3 Å². The van der Waals surface area contributed by atoms with Gasteiger partial charge < -0.3 is 5.32 Å². The molecule has 0 aromatic heterocycles. The quantitative estimate of drug-likeness (QED) is 0.780. The maximum Gasteiger partial charge on any atom is 0.123 e. The van der Waals surface area contributed by atoms with Crippen LogP contribution in [0.3, 0.4) is 0 Å². The molecule has 1 N–H and O–H groups in total. The van der Waals surface area contributed by atoms with Gasteiger partial charge in [0, 0.05) is 13.1 Å². The second kappa shape index (κ2) is 9.11. The Bertz CT molecular complexity index is 715. The standard InChI is InChI=1S/C23H29FN2/c1-18-5-3-4-6-22(18)16-25-15-20-11-13-26(14-12-20)17-19(2)21-7-9-23(24)10-8-21/h3-10,20,25H,2,11-17H2,1H3. The van der Waals surface area contributed by atoms with E-state index in [0.717, 1.165) is 49.8 Å². The van der Waals surface area contributed by atoms with Gasteiger partial charge in [-0.2, -0.15) is 0 Å². The Kier molecular flexibility index (Phi) is 6.59. The molecule has 2 aromatic carbocycles. The fraction of sp³-hybridized carbons (Fsp3) is 0.391. The van der Waals surface area contributed by atoms with E-state index in [0.29, 0.717) is 0 Å². The van der Waals surface area contributed by atoms with Crippen LogP contribution >= 0.6 is 0 Å². The molecule has 2 nitrogen and oxygen atoms in total. The monoisotopic (exact) mass is 352 g/mol. The number of hydrogen-bond donors (Lipinski definition) is 1. The number of likely N-dealkylation sites (tertiary alicyclic amines) is 1. The molecule has 138 valence electrons. The molecular weight excluding hydrogens is 323 g/mol. The molecule has 0 bridgehead atoms. The van der Waals surface area contributed by atoms with Gasteiger partial charge in [0.2, 0.25) is 0 Å². The van der Waals surface area contributed by atoms with Crippen LogP contribution in [0.1, 0.15) is 29.5 Å². The second-order valence-corrected chi connectivity index (χ2v) is 7.39. The van der Waals surface area contributed by atoms with Crippen LogP contribution in [0, 0.1) is 18.7 Å². The minimum atomic E-state index is -0.194. The molecule has 0 unspecified atom stereocenters. The maximum atomic E-state index is 13.0. The summed E-state index contributed by atoms with van der Waals surface area (Å²) in [7, 11) is 0. The summed E-state index contributed by atoms with van der Waals surface area (Å²) in [6.07, 6.45) is 2.44. The van der Waals surface area contributed by atoms with Crippen molar-refractivity contribution in [2.24, 2.45) is 5.92 Å². The minimum Gasteiger partial charge on any atom is -0.312 e. The number of rotatable bonds is 7. The fourth-order valence-corrected chi connectivity index (χ4v) is 3.61. The molecule has 1 fully saturated rings. The molecular formula is C23H29FN2. The predicted molar refractivity (Wildman–Crippen MR) is 107 cm³/mol. The number of piperidine rings is 1. The average molecular weight is 352 g/mol. The molecule has 1 aliphatic rings. The summed E-state index contributed by atoms with van der Waals surface area (Å²) < 4.78 is 13.0. The van der Waals surface area contributed by atoms with E-state index in [2.05, 4.69) is 48.0 Å². The third-order valence-electron chi connectivity index (χ3n) is 5.38. The van der Waals surface area contributed by atoms with Gasteiger partial charge in [0.15, 0.2) is 0 Å². The normalized spacial score (nSPS) is 15.9. The zero-order chi connectivity index (χ0) is 18.4. The van der Waals surface area contributed by atoms with Gasteiger partial charge in [-0.15, -0.1) is 0 Å². The maximum absolute atomic E-state index is 13.0. The third-order valence-corrected chi connectivity index (χ3v) is 5.38. The van der Waals surface area contributed by atoms with E-state index < -0.39 is 0 Å².